The maximum Gasteiger partial charge on any atom is 0.226 e. The number of fused-ring (bicyclic) bond motifs is 1. The van der Waals surface area contributed by atoms with Gasteiger partial charge in [-0.3, -0.25) is 0 Å². The average Bonchev–Trinajstić information content (AvgIpc) is 3.43. The van der Waals surface area contributed by atoms with Crippen LogP contribution in [0.5, 0.6) is 0 Å². The van der Waals surface area contributed by atoms with Crippen molar-refractivity contribution >= 4 is 28.6 Å². The SMILES string of the molecule is Nc1nc(Cl)nc2c1nc(Cc1ccccc1-n1cccn1)n2C1CCCC1. The lowest BCUT2D eigenvalue weighted by atomic mass is 10.1. The van der Waals surface area contributed by atoms with E-state index in [9.17, 15) is 0 Å². The predicted octanol–water partition coefficient (Wildman–Crippen LogP) is 3.95. The Bertz CT molecular complexity index is 1130. The van der Waals surface area contributed by atoms with E-state index < -0.39 is 0 Å². The summed E-state index contributed by atoms with van der Waals surface area (Å²) in [6.45, 7) is 0. The molecule has 0 unspecified atom stereocenters. The summed E-state index contributed by atoms with van der Waals surface area (Å²) in [5.41, 5.74) is 9.65. The number of para-hydroxylation sites is 1. The topological polar surface area (TPSA) is 87.4 Å². The predicted molar refractivity (Wildman–Crippen MR) is 109 cm³/mol. The smallest absolute Gasteiger partial charge is 0.226 e. The van der Waals surface area contributed by atoms with Crippen molar-refractivity contribution < 1.29 is 0 Å². The highest BCUT2D eigenvalue weighted by Gasteiger charge is 2.25. The molecule has 3 aromatic heterocycles. The number of halogens is 1. The van der Waals surface area contributed by atoms with Crippen molar-refractivity contribution in [1.29, 1.82) is 0 Å². The van der Waals surface area contributed by atoms with Crippen molar-refractivity contribution in [3.05, 3.63) is 59.4 Å². The third-order valence-corrected chi connectivity index (χ3v) is 5.56. The van der Waals surface area contributed by atoms with Crippen molar-refractivity contribution in [2.75, 3.05) is 5.73 Å². The largest absolute Gasteiger partial charge is 0.382 e. The zero-order valence-electron chi connectivity index (χ0n) is 15.3. The molecule has 142 valence electrons. The molecule has 0 atom stereocenters. The van der Waals surface area contributed by atoms with Gasteiger partial charge in [-0.1, -0.05) is 31.0 Å². The minimum Gasteiger partial charge on any atom is -0.382 e. The van der Waals surface area contributed by atoms with E-state index in [0.29, 0.717) is 23.8 Å². The van der Waals surface area contributed by atoms with Crippen molar-refractivity contribution in [3.63, 3.8) is 0 Å². The van der Waals surface area contributed by atoms with Crippen LogP contribution in [0.1, 0.15) is 43.1 Å². The first kappa shape index (κ1) is 17.2. The Morgan fingerprint density at radius 2 is 1.89 bits per heavy atom. The molecule has 8 heteroatoms. The van der Waals surface area contributed by atoms with Crippen LogP contribution >= 0.6 is 11.6 Å². The van der Waals surface area contributed by atoms with Gasteiger partial charge in [0.1, 0.15) is 5.82 Å². The Kier molecular flexibility index (Phi) is 4.24. The van der Waals surface area contributed by atoms with Crippen molar-refractivity contribution in [3.8, 4) is 5.69 Å². The summed E-state index contributed by atoms with van der Waals surface area (Å²) >= 11 is 6.11. The van der Waals surface area contributed by atoms with Crippen LogP contribution in [0.4, 0.5) is 5.82 Å². The van der Waals surface area contributed by atoms with Gasteiger partial charge in [-0.05, 0) is 42.1 Å². The third-order valence-electron chi connectivity index (χ3n) is 5.39. The minimum atomic E-state index is 0.160. The standard InChI is InChI=1S/C20H20ClN7/c21-20-25-18(22)17-19(26-20)28(14-7-2-3-8-14)16(24-17)12-13-6-1-4-9-15(13)27-11-5-10-23-27/h1,4-6,9-11,14H,2-3,7-8,12H2,(H2,22,25,26). The number of anilines is 1. The summed E-state index contributed by atoms with van der Waals surface area (Å²) in [6.07, 6.45) is 9.02. The highest BCUT2D eigenvalue weighted by Crippen LogP contribution is 2.35. The van der Waals surface area contributed by atoms with E-state index in [1.165, 1.54) is 12.8 Å². The van der Waals surface area contributed by atoms with Crippen LogP contribution in [0.2, 0.25) is 5.28 Å². The Labute approximate surface area is 167 Å². The normalized spacial score (nSPS) is 14.9. The Hall–Kier alpha value is -2.93. The molecule has 4 aromatic rings. The Balaban J connectivity index is 1.66. The Morgan fingerprint density at radius 3 is 2.68 bits per heavy atom. The van der Waals surface area contributed by atoms with Gasteiger partial charge in [-0.15, -0.1) is 0 Å². The molecule has 0 radical (unpaired) electrons. The zero-order chi connectivity index (χ0) is 19.1. The van der Waals surface area contributed by atoms with Crippen molar-refractivity contribution in [2.45, 2.75) is 38.1 Å². The monoisotopic (exact) mass is 393 g/mol. The summed E-state index contributed by atoms with van der Waals surface area (Å²) in [7, 11) is 0. The highest BCUT2D eigenvalue weighted by molar-refractivity contribution is 6.28. The first-order chi connectivity index (χ1) is 13.7. The van der Waals surface area contributed by atoms with Gasteiger partial charge in [0.15, 0.2) is 17.0 Å². The quantitative estimate of drug-likeness (QED) is 0.530. The molecule has 7 nitrogen and oxygen atoms in total. The number of rotatable bonds is 4. The first-order valence-corrected chi connectivity index (χ1v) is 9.86. The number of aromatic nitrogens is 6. The molecular weight excluding hydrogens is 374 g/mol. The summed E-state index contributed by atoms with van der Waals surface area (Å²) in [5.74, 6) is 1.26. The van der Waals surface area contributed by atoms with Gasteiger partial charge in [0.25, 0.3) is 0 Å². The van der Waals surface area contributed by atoms with Crippen molar-refractivity contribution in [2.24, 2.45) is 0 Å². The van der Waals surface area contributed by atoms with E-state index in [1.54, 1.807) is 6.20 Å². The van der Waals surface area contributed by atoms with Crippen LogP contribution in [0.25, 0.3) is 16.9 Å². The van der Waals surface area contributed by atoms with Gasteiger partial charge < -0.3 is 10.3 Å². The molecule has 1 aliphatic rings. The molecule has 28 heavy (non-hydrogen) atoms. The number of nitrogens with two attached hydrogens (primary N) is 1. The molecule has 2 N–H and O–H groups in total. The molecule has 1 aliphatic carbocycles. The number of hydrogen-bond donors (Lipinski definition) is 1. The summed E-state index contributed by atoms with van der Waals surface area (Å²) in [6, 6.07) is 10.5. The molecule has 1 aromatic carbocycles. The fourth-order valence-corrected chi connectivity index (χ4v) is 4.32. The fourth-order valence-electron chi connectivity index (χ4n) is 4.15. The van der Waals surface area contributed by atoms with E-state index in [1.807, 2.05) is 29.1 Å². The molecular formula is C20H20ClN7. The summed E-state index contributed by atoms with van der Waals surface area (Å²) < 4.78 is 4.11. The third kappa shape index (κ3) is 2.92. The maximum absolute atomic E-state index is 6.11. The first-order valence-electron chi connectivity index (χ1n) is 9.48. The lowest BCUT2D eigenvalue weighted by molar-refractivity contribution is 0.511. The van der Waals surface area contributed by atoms with Gasteiger partial charge in [0, 0.05) is 24.9 Å². The zero-order valence-corrected chi connectivity index (χ0v) is 16.0. The number of imidazole rings is 1. The maximum atomic E-state index is 6.11. The van der Waals surface area contributed by atoms with E-state index in [0.717, 1.165) is 35.6 Å². The Morgan fingerprint density at radius 1 is 1.07 bits per heavy atom. The molecule has 1 saturated carbocycles. The fraction of sp³-hybridized carbons (Fsp3) is 0.300. The van der Waals surface area contributed by atoms with E-state index in [-0.39, 0.29) is 5.28 Å². The van der Waals surface area contributed by atoms with Crippen LogP contribution in [0.15, 0.2) is 42.7 Å². The van der Waals surface area contributed by atoms with Gasteiger partial charge in [-0.25, -0.2) is 9.67 Å². The minimum absolute atomic E-state index is 0.160. The highest BCUT2D eigenvalue weighted by atomic mass is 35.5. The van der Waals surface area contributed by atoms with E-state index in [2.05, 4.69) is 31.8 Å². The van der Waals surface area contributed by atoms with E-state index in [4.69, 9.17) is 22.3 Å². The average molecular weight is 394 g/mol. The van der Waals surface area contributed by atoms with Crippen LogP contribution in [-0.4, -0.2) is 29.3 Å². The van der Waals surface area contributed by atoms with Crippen LogP contribution in [-0.2, 0) is 6.42 Å². The number of nitrogens with zero attached hydrogens (tertiary/aromatic N) is 6. The van der Waals surface area contributed by atoms with Crippen LogP contribution < -0.4 is 5.73 Å². The molecule has 3 heterocycles. The van der Waals surface area contributed by atoms with Crippen molar-refractivity contribution in [1.82, 2.24) is 29.3 Å². The molecule has 0 amide bonds. The molecule has 1 fully saturated rings. The van der Waals surface area contributed by atoms with Gasteiger partial charge in [-0.2, -0.15) is 15.1 Å². The molecule has 0 spiro atoms. The second kappa shape index (κ2) is 6.91. The van der Waals surface area contributed by atoms with Crippen LogP contribution in [0, 0.1) is 0 Å². The number of nitrogen functional groups attached to an aromatic ring is 1. The lowest BCUT2D eigenvalue weighted by Crippen LogP contribution is -2.12. The van der Waals surface area contributed by atoms with Crippen LogP contribution in [0.3, 0.4) is 0 Å². The molecule has 0 saturated heterocycles. The molecule has 0 aliphatic heterocycles. The van der Waals surface area contributed by atoms with Gasteiger partial charge >= 0.3 is 0 Å². The second-order valence-electron chi connectivity index (χ2n) is 7.14. The lowest BCUT2D eigenvalue weighted by Gasteiger charge is -2.17. The molecule has 0 bridgehead atoms. The summed E-state index contributed by atoms with van der Waals surface area (Å²) in [5, 5.41) is 4.55. The number of hydrogen-bond acceptors (Lipinski definition) is 5. The molecule has 5 rings (SSSR count). The van der Waals surface area contributed by atoms with E-state index >= 15 is 0 Å². The number of benzene rings is 1. The second-order valence-corrected chi connectivity index (χ2v) is 7.48. The van der Waals surface area contributed by atoms with Gasteiger partial charge in [0.2, 0.25) is 5.28 Å². The van der Waals surface area contributed by atoms with Gasteiger partial charge in [0.05, 0.1) is 5.69 Å². The summed E-state index contributed by atoms with van der Waals surface area (Å²) in [4.78, 5) is 13.4.